The van der Waals surface area contributed by atoms with E-state index in [1.165, 1.54) is 7.11 Å². The van der Waals surface area contributed by atoms with E-state index in [0.29, 0.717) is 35.2 Å². The minimum absolute atomic E-state index is 0.0423. The van der Waals surface area contributed by atoms with Crippen LogP contribution in [0.15, 0.2) is 72.5 Å². The van der Waals surface area contributed by atoms with Crippen molar-refractivity contribution in [2.75, 3.05) is 33.7 Å². The lowest BCUT2D eigenvalue weighted by Crippen LogP contribution is -2.24. The predicted molar refractivity (Wildman–Crippen MR) is 142 cm³/mol. The molecule has 0 saturated carbocycles. The summed E-state index contributed by atoms with van der Waals surface area (Å²) in [6, 6.07) is 11.2. The third-order valence-electron chi connectivity index (χ3n) is 6.69. The van der Waals surface area contributed by atoms with Crippen molar-refractivity contribution in [3.63, 3.8) is 0 Å². The number of fused-ring (bicyclic) bond motifs is 2. The molecule has 39 heavy (non-hydrogen) atoms. The number of carboxylic acid groups (broad SMARTS) is 2. The quantitative estimate of drug-likeness (QED) is 0.210. The number of hydrogen-bond donors (Lipinski definition) is 2. The van der Waals surface area contributed by atoms with Crippen molar-refractivity contribution in [2.24, 2.45) is 5.92 Å². The molecule has 0 fully saturated rings. The van der Waals surface area contributed by atoms with Gasteiger partial charge in [0, 0.05) is 11.8 Å². The highest BCUT2D eigenvalue weighted by Crippen LogP contribution is 2.54. The zero-order chi connectivity index (χ0) is 27.9. The molecule has 0 amide bonds. The first-order chi connectivity index (χ1) is 18.8. The summed E-state index contributed by atoms with van der Waals surface area (Å²) in [5.41, 5.74) is 3.10. The fourth-order valence-corrected chi connectivity index (χ4v) is 5.00. The van der Waals surface area contributed by atoms with Gasteiger partial charge in [-0.2, -0.15) is 0 Å². The Morgan fingerprint density at radius 2 is 1.87 bits per heavy atom. The van der Waals surface area contributed by atoms with Crippen LogP contribution in [0.2, 0.25) is 0 Å². The minimum Gasteiger partial charge on any atom is -0.497 e. The van der Waals surface area contributed by atoms with Crippen LogP contribution in [-0.2, 0) is 19.1 Å². The molecule has 0 saturated heterocycles. The maximum absolute atomic E-state index is 12.8. The van der Waals surface area contributed by atoms with E-state index in [9.17, 15) is 14.7 Å². The van der Waals surface area contributed by atoms with E-state index in [1.54, 1.807) is 24.3 Å². The van der Waals surface area contributed by atoms with Crippen LogP contribution < -0.4 is 14.2 Å². The molecule has 2 aromatic rings. The number of allylic oxidation sites excluding steroid dienone is 3. The first-order valence-electron chi connectivity index (χ1n) is 12.6. The number of carboxylic acids is 2. The van der Waals surface area contributed by atoms with Gasteiger partial charge in [0.05, 0.1) is 26.2 Å². The second kappa shape index (κ2) is 12.5. The van der Waals surface area contributed by atoms with Gasteiger partial charge in [-0.3, -0.25) is 4.79 Å². The molecule has 9 heteroatoms. The third-order valence-corrected chi connectivity index (χ3v) is 6.69. The molecular weight excluding hydrogens is 504 g/mol. The molecule has 0 radical (unpaired) electrons. The Kier molecular flexibility index (Phi) is 8.93. The maximum atomic E-state index is 12.8. The Labute approximate surface area is 226 Å². The summed E-state index contributed by atoms with van der Waals surface area (Å²) in [5, 5.41) is 19.2. The molecule has 4 rings (SSSR count). The third kappa shape index (κ3) is 6.26. The number of rotatable bonds is 13. The van der Waals surface area contributed by atoms with Gasteiger partial charge in [0.2, 0.25) is 6.79 Å². The second-order valence-electron chi connectivity index (χ2n) is 9.20. The van der Waals surface area contributed by atoms with E-state index in [2.05, 4.69) is 6.58 Å². The average molecular weight is 537 g/mol. The fourth-order valence-electron chi connectivity index (χ4n) is 5.00. The molecule has 206 valence electrons. The Morgan fingerprint density at radius 3 is 2.59 bits per heavy atom. The van der Waals surface area contributed by atoms with Crippen LogP contribution in [0.3, 0.4) is 0 Å². The Morgan fingerprint density at radius 1 is 1.08 bits per heavy atom. The molecule has 3 atom stereocenters. The molecule has 0 unspecified atom stereocenters. The van der Waals surface area contributed by atoms with Crippen LogP contribution in [-0.4, -0.2) is 55.9 Å². The maximum Gasteiger partial charge on any atom is 0.329 e. The van der Waals surface area contributed by atoms with Crippen LogP contribution >= 0.6 is 0 Å². The standard InChI is InChI=1S/C30H32O9/c1-4-12-37-21-8-9-22-23(15-21)27(18(2)5-7-20(35-3)11-13-36-16-26(31)32)29(30(33)34)28(22)19-6-10-24-25(14-19)39-17-38-24/h5-11,14-15,27-29H,2,4,12-13,16-17H2,1,3H3,(H,31,32)(H,33,34)/b7-5-,20-11+/t27-,28+,29+/m1/s1. The topological polar surface area (TPSA) is 121 Å². The zero-order valence-corrected chi connectivity index (χ0v) is 21.9. The highest BCUT2D eigenvalue weighted by atomic mass is 16.7. The number of methoxy groups -OCH3 is 1. The van der Waals surface area contributed by atoms with Gasteiger partial charge >= 0.3 is 11.9 Å². The van der Waals surface area contributed by atoms with Crippen molar-refractivity contribution < 1.29 is 43.5 Å². The molecule has 1 heterocycles. The first-order valence-corrected chi connectivity index (χ1v) is 12.6. The SMILES string of the molecule is C=C(/C=C\C(=C/COCC(=O)O)OC)[C@@H]1c2cc(OCCC)ccc2[C@H](c2ccc3c(c2)OCO3)[C@H]1C(=O)O. The molecule has 1 aliphatic heterocycles. The summed E-state index contributed by atoms with van der Waals surface area (Å²) in [4.78, 5) is 23.5. The summed E-state index contributed by atoms with van der Waals surface area (Å²) < 4.78 is 27.3. The van der Waals surface area contributed by atoms with Gasteiger partial charge in [0.25, 0.3) is 0 Å². The van der Waals surface area contributed by atoms with Crippen molar-refractivity contribution >= 4 is 11.9 Å². The van der Waals surface area contributed by atoms with Gasteiger partial charge in [-0.25, -0.2) is 4.79 Å². The van der Waals surface area contributed by atoms with Crippen LogP contribution in [0.1, 0.15) is 41.9 Å². The van der Waals surface area contributed by atoms with E-state index >= 15 is 0 Å². The summed E-state index contributed by atoms with van der Waals surface area (Å²) in [6.45, 7) is 6.56. The van der Waals surface area contributed by atoms with Crippen LogP contribution in [0.4, 0.5) is 0 Å². The summed E-state index contributed by atoms with van der Waals surface area (Å²) in [6.07, 6.45) is 5.82. The van der Waals surface area contributed by atoms with Gasteiger partial charge in [0.15, 0.2) is 11.5 Å². The first kappa shape index (κ1) is 27.8. The second-order valence-corrected chi connectivity index (χ2v) is 9.20. The monoisotopic (exact) mass is 536 g/mol. The van der Waals surface area contributed by atoms with Crippen LogP contribution in [0.5, 0.6) is 17.2 Å². The van der Waals surface area contributed by atoms with Crippen molar-refractivity contribution in [1.82, 2.24) is 0 Å². The molecular formula is C30H32O9. The zero-order valence-electron chi connectivity index (χ0n) is 21.9. The lowest BCUT2D eigenvalue weighted by molar-refractivity contribution is -0.143. The normalized spacial score (nSPS) is 19.6. The van der Waals surface area contributed by atoms with Gasteiger partial charge in [-0.1, -0.05) is 31.7 Å². The number of hydrogen-bond acceptors (Lipinski definition) is 7. The predicted octanol–water partition coefficient (Wildman–Crippen LogP) is 4.88. The minimum atomic E-state index is -1.06. The van der Waals surface area contributed by atoms with E-state index in [0.717, 1.165) is 23.1 Å². The fraction of sp³-hybridized carbons (Fsp3) is 0.333. The largest absolute Gasteiger partial charge is 0.497 e. The van der Waals surface area contributed by atoms with E-state index < -0.39 is 36.3 Å². The highest BCUT2D eigenvalue weighted by molar-refractivity contribution is 5.78. The Hall–Kier alpha value is -4.24. The van der Waals surface area contributed by atoms with Crippen LogP contribution in [0, 0.1) is 5.92 Å². The lowest BCUT2D eigenvalue weighted by atomic mass is 9.79. The summed E-state index contributed by atoms with van der Waals surface area (Å²) >= 11 is 0. The number of ether oxygens (including phenoxy) is 5. The smallest absolute Gasteiger partial charge is 0.329 e. The lowest BCUT2D eigenvalue weighted by Gasteiger charge is -2.23. The molecule has 1 aliphatic carbocycles. The van der Waals surface area contributed by atoms with Crippen molar-refractivity contribution in [2.45, 2.75) is 25.2 Å². The summed E-state index contributed by atoms with van der Waals surface area (Å²) in [7, 11) is 1.48. The number of aliphatic carboxylic acids is 2. The molecule has 2 N–H and O–H groups in total. The van der Waals surface area contributed by atoms with E-state index in [-0.39, 0.29) is 13.4 Å². The summed E-state index contributed by atoms with van der Waals surface area (Å²) in [5.74, 6) is -1.54. The Balaban J connectivity index is 1.70. The highest BCUT2D eigenvalue weighted by Gasteiger charge is 2.47. The van der Waals surface area contributed by atoms with E-state index in [4.69, 9.17) is 28.8 Å². The molecule has 2 aromatic carbocycles. The number of carbonyl (C=O) groups is 2. The van der Waals surface area contributed by atoms with Gasteiger partial charge in [-0.15, -0.1) is 0 Å². The average Bonchev–Trinajstić information content (AvgIpc) is 3.53. The molecule has 9 nitrogen and oxygen atoms in total. The van der Waals surface area contributed by atoms with Gasteiger partial charge in [0.1, 0.15) is 18.1 Å². The van der Waals surface area contributed by atoms with Gasteiger partial charge < -0.3 is 33.9 Å². The number of benzene rings is 2. The Bertz CT molecular complexity index is 1290. The van der Waals surface area contributed by atoms with Crippen molar-refractivity contribution in [3.05, 3.63) is 89.2 Å². The molecule has 0 bridgehead atoms. The molecule has 2 aliphatic rings. The molecule has 0 spiro atoms. The van der Waals surface area contributed by atoms with Crippen LogP contribution in [0.25, 0.3) is 0 Å². The molecule has 0 aromatic heterocycles. The van der Waals surface area contributed by atoms with Gasteiger partial charge in [-0.05, 0) is 65.1 Å². The van der Waals surface area contributed by atoms with Crippen molar-refractivity contribution in [3.8, 4) is 17.2 Å². The van der Waals surface area contributed by atoms with Crippen molar-refractivity contribution in [1.29, 1.82) is 0 Å². The van der Waals surface area contributed by atoms with E-state index in [1.807, 2.05) is 37.3 Å².